The van der Waals surface area contributed by atoms with Gasteiger partial charge in [0, 0.05) is 22.9 Å². The molecule has 0 atom stereocenters. The van der Waals surface area contributed by atoms with E-state index in [1.54, 1.807) is 17.4 Å². The molecule has 0 radical (unpaired) electrons. The normalized spacial score (nSPS) is 10.6. The minimum absolute atomic E-state index is 0.399. The molecule has 2 rings (SSSR count). The molecule has 4 N–H and O–H groups in total. The molecule has 84 valence electrons. The van der Waals surface area contributed by atoms with E-state index in [0.717, 1.165) is 10.8 Å². The highest BCUT2D eigenvalue weighted by Crippen LogP contribution is 2.24. The number of rotatable bonds is 3. The largest absolute Gasteiger partial charge is 0.383 e. The molecule has 2 aromatic heterocycles. The molecule has 5 nitrogen and oxygen atoms in total. The topological polar surface area (TPSA) is 90.7 Å². The van der Waals surface area contributed by atoms with E-state index in [9.17, 15) is 0 Å². The van der Waals surface area contributed by atoms with E-state index in [1.165, 1.54) is 16.6 Å². The number of hydrogen-bond donors (Lipinski definition) is 2. The molecule has 0 saturated carbocycles. The predicted octanol–water partition coefficient (Wildman–Crippen LogP) is 1.70. The molecule has 2 aromatic rings. The molecule has 0 amide bonds. The lowest BCUT2D eigenvalue weighted by molar-refractivity contribution is 0.984. The van der Waals surface area contributed by atoms with Crippen molar-refractivity contribution in [1.82, 2.24) is 15.0 Å². The Morgan fingerprint density at radius 1 is 1.31 bits per heavy atom. The van der Waals surface area contributed by atoms with Gasteiger partial charge in [0.25, 0.3) is 0 Å². The van der Waals surface area contributed by atoms with Gasteiger partial charge in [-0.15, -0.1) is 11.3 Å². The Kier molecular flexibility index (Phi) is 3.25. The quantitative estimate of drug-likeness (QED) is 0.639. The number of nitrogens with two attached hydrogens (primary N) is 2. The van der Waals surface area contributed by atoms with E-state index in [0.29, 0.717) is 16.8 Å². The van der Waals surface area contributed by atoms with Crippen LogP contribution in [0.4, 0.5) is 11.6 Å². The van der Waals surface area contributed by atoms with Gasteiger partial charge in [0.15, 0.2) is 5.16 Å². The zero-order chi connectivity index (χ0) is 11.5. The number of aromatic nitrogens is 3. The predicted molar refractivity (Wildman–Crippen MR) is 67.3 cm³/mol. The summed E-state index contributed by atoms with van der Waals surface area (Å²) in [6.07, 6.45) is 1.86. The molecule has 0 aliphatic rings. The maximum Gasteiger partial charge on any atom is 0.191 e. The highest BCUT2D eigenvalue weighted by molar-refractivity contribution is 7.98. The molecular weight excluding hydrogens is 242 g/mol. The molecule has 2 heterocycles. The summed E-state index contributed by atoms with van der Waals surface area (Å²) in [6, 6.07) is 1.54. The fourth-order valence-corrected chi connectivity index (χ4v) is 2.82. The number of hydrogen-bond acceptors (Lipinski definition) is 7. The summed E-state index contributed by atoms with van der Waals surface area (Å²) in [5.41, 5.74) is 11.2. The molecule has 0 aliphatic carbocycles. The zero-order valence-electron chi connectivity index (χ0n) is 8.67. The smallest absolute Gasteiger partial charge is 0.191 e. The van der Waals surface area contributed by atoms with Crippen molar-refractivity contribution >= 4 is 34.7 Å². The second-order valence-electron chi connectivity index (χ2n) is 3.13. The zero-order valence-corrected chi connectivity index (χ0v) is 10.3. The molecule has 0 saturated heterocycles. The fraction of sp³-hybridized carbons (Fsp3) is 0.222. The van der Waals surface area contributed by atoms with Gasteiger partial charge >= 0.3 is 0 Å². The molecule has 0 aliphatic heterocycles. The van der Waals surface area contributed by atoms with Crippen LogP contribution in [0.5, 0.6) is 0 Å². The van der Waals surface area contributed by atoms with E-state index in [-0.39, 0.29) is 0 Å². The van der Waals surface area contributed by atoms with Crippen LogP contribution in [0.15, 0.2) is 17.4 Å². The third-order valence-electron chi connectivity index (χ3n) is 1.76. The molecule has 0 fully saturated rings. The average molecular weight is 253 g/mol. The van der Waals surface area contributed by atoms with Crippen molar-refractivity contribution in [2.45, 2.75) is 17.8 Å². The average Bonchev–Trinajstić information content (AvgIpc) is 2.60. The summed E-state index contributed by atoms with van der Waals surface area (Å²) in [5, 5.41) is 1.66. The van der Waals surface area contributed by atoms with Gasteiger partial charge < -0.3 is 11.5 Å². The van der Waals surface area contributed by atoms with Crippen molar-refractivity contribution in [2.75, 3.05) is 11.5 Å². The van der Waals surface area contributed by atoms with Crippen LogP contribution in [0.2, 0.25) is 0 Å². The monoisotopic (exact) mass is 253 g/mol. The first-order chi connectivity index (χ1) is 7.63. The first kappa shape index (κ1) is 11.2. The molecule has 0 spiro atoms. The number of thiazole rings is 1. The van der Waals surface area contributed by atoms with E-state index < -0.39 is 0 Å². The molecular formula is C9H11N5S2. The second kappa shape index (κ2) is 4.67. The van der Waals surface area contributed by atoms with Crippen molar-refractivity contribution in [3.8, 4) is 0 Å². The highest BCUT2D eigenvalue weighted by atomic mass is 32.2. The van der Waals surface area contributed by atoms with Crippen LogP contribution in [0.3, 0.4) is 0 Å². The van der Waals surface area contributed by atoms with Crippen molar-refractivity contribution in [1.29, 1.82) is 0 Å². The lowest BCUT2D eigenvalue weighted by Gasteiger charge is -2.00. The van der Waals surface area contributed by atoms with Crippen molar-refractivity contribution in [2.24, 2.45) is 0 Å². The summed E-state index contributed by atoms with van der Waals surface area (Å²) in [4.78, 5) is 13.5. The van der Waals surface area contributed by atoms with Crippen LogP contribution < -0.4 is 11.5 Å². The molecule has 0 aromatic carbocycles. The maximum atomic E-state index is 5.58. The van der Waals surface area contributed by atoms with Crippen LogP contribution in [-0.2, 0) is 5.75 Å². The van der Waals surface area contributed by atoms with E-state index in [4.69, 9.17) is 11.5 Å². The lowest BCUT2D eigenvalue weighted by atomic mass is 10.5. The SMILES string of the molecule is Cc1ncc(CSc2nc(N)cc(N)n2)s1. The van der Waals surface area contributed by atoms with Crippen LogP contribution in [-0.4, -0.2) is 15.0 Å². The summed E-state index contributed by atoms with van der Waals surface area (Å²) >= 11 is 3.17. The molecule has 0 unspecified atom stereocenters. The number of aryl methyl sites for hydroxylation is 1. The van der Waals surface area contributed by atoms with Gasteiger partial charge in [-0.3, -0.25) is 0 Å². The second-order valence-corrected chi connectivity index (χ2v) is 5.40. The summed E-state index contributed by atoms with van der Waals surface area (Å²) < 4.78 is 0. The molecule has 0 bridgehead atoms. The van der Waals surface area contributed by atoms with Crippen LogP contribution in [0.1, 0.15) is 9.88 Å². The standard InChI is InChI=1S/C9H11N5S2/c1-5-12-3-6(16-5)4-15-9-13-7(10)2-8(11)14-9/h2-3H,4H2,1H3,(H4,10,11,13,14). The minimum atomic E-state index is 0.399. The lowest BCUT2D eigenvalue weighted by Crippen LogP contribution is -1.99. The minimum Gasteiger partial charge on any atom is -0.383 e. The summed E-state index contributed by atoms with van der Waals surface area (Å²) in [7, 11) is 0. The number of anilines is 2. The Bertz CT molecular complexity index is 476. The maximum absolute atomic E-state index is 5.58. The first-order valence-electron chi connectivity index (χ1n) is 4.57. The molecule has 7 heteroatoms. The fourth-order valence-electron chi connectivity index (χ4n) is 1.13. The van der Waals surface area contributed by atoms with Gasteiger partial charge in [-0.1, -0.05) is 11.8 Å². The number of nitrogen functional groups attached to an aromatic ring is 2. The Balaban J connectivity index is 2.04. The summed E-state index contributed by atoms with van der Waals surface area (Å²) in [6.45, 7) is 1.98. The molecule has 16 heavy (non-hydrogen) atoms. The van der Waals surface area contributed by atoms with E-state index in [1.807, 2.05) is 13.1 Å². The third kappa shape index (κ3) is 2.83. The Hall–Kier alpha value is -1.34. The Morgan fingerprint density at radius 3 is 2.56 bits per heavy atom. The van der Waals surface area contributed by atoms with E-state index in [2.05, 4.69) is 15.0 Å². The highest BCUT2D eigenvalue weighted by Gasteiger charge is 2.04. The van der Waals surface area contributed by atoms with Gasteiger partial charge in [0.1, 0.15) is 11.6 Å². The van der Waals surface area contributed by atoms with Gasteiger partial charge in [0.05, 0.1) is 5.01 Å². The van der Waals surface area contributed by atoms with Crippen molar-refractivity contribution in [3.63, 3.8) is 0 Å². The van der Waals surface area contributed by atoms with Crippen LogP contribution in [0, 0.1) is 6.92 Å². The number of nitrogens with zero attached hydrogens (tertiary/aromatic N) is 3. The van der Waals surface area contributed by atoms with Crippen LogP contribution >= 0.6 is 23.1 Å². The Morgan fingerprint density at radius 2 is 2.00 bits per heavy atom. The van der Waals surface area contributed by atoms with Crippen molar-refractivity contribution < 1.29 is 0 Å². The van der Waals surface area contributed by atoms with Crippen LogP contribution in [0.25, 0.3) is 0 Å². The van der Waals surface area contributed by atoms with Gasteiger partial charge in [0.2, 0.25) is 0 Å². The van der Waals surface area contributed by atoms with Gasteiger partial charge in [-0.25, -0.2) is 15.0 Å². The van der Waals surface area contributed by atoms with E-state index >= 15 is 0 Å². The summed E-state index contributed by atoms with van der Waals surface area (Å²) in [5.74, 6) is 1.58. The number of thioether (sulfide) groups is 1. The van der Waals surface area contributed by atoms with Gasteiger partial charge in [-0.05, 0) is 6.92 Å². The third-order valence-corrected chi connectivity index (χ3v) is 3.75. The Labute approximate surface area is 101 Å². The van der Waals surface area contributed by atoms with Crippen molar-refractivity contribution in [3.05, 3.63) is 22.1 Å². The first-order valence-corrected chi connectivity index (χ1v) is 6.38. The van der Waals surface area contributed by atoms with Gasteiger partial charge in [-0.2, -0.15) is 0 Å².